The summed E-state index contributed by atoms with van der Waals surface area (Å²) in [6, 6.07) is 0. The van der Waals surface area contributed by atoms with Crippen LogP contribution in [0.15, 0.2) is 47.0 Å². The number of allylic oxidation sites excluding steroid dienone is 4. The summed E-state index contributed by atoms with van der Waals surface area (Å²) in [6.45, 7) is 8.67. The van der Waals surface area contributed by atoms with Gasteiger partial charge in [0, 0.05) is 5.71 Å². The molecule has 0 aromatic heterocycles. The molecule has 1 aliphatic rings. The summed E-state index contributed by atoms with van der Waals surface area (Å²) in [7, 11) is 0. The molecule has 0 aromatic carbocycles. The van der Waals surface area contributed by atoms with E-state index in [4.69, 9.17) is 15.3 Å². The number of hydrogen-bond donors (Lipinski definition) is 3. The van der Waals surface area contributed by atoms with Crippen LogP contribution in [-0.2, 0) is 9.53 Å². The fourth-order valence-corrected chi connectivity index (χ4v) is 2.56. The van der Waals surface area contributed by atoms with Gasteiger partial charge in [-0.3, -0.25) is 0 Å². The SMILES string of the molecule is C=C(C)\C(=C/C=C(C)/C(O)=C(/C(C)=N)C(=O)O)OC1CCCCC1. The van der Waals surface area contributed by atoms with Crippen LogP contribution in [-0.4, -0.2) is 28.0 Å². The molecule has 3 N–H and O–H groups in total. The fourth-order valence-electron chi connectivity index (χ4n) is 2.56. The number of aliphatic hydroxyl groups is 1. The Hall–Kier alpha value is -2.30. The van der Waals surface area contributed by atoms with E-state index in [9.17, 15) is 9.90 Å². The van der Waals surface area contributed by atoms with E-state index in [-0.39, 0.29) is 11.8 Å². The number of hydrogen-bond acceptors (Lipinski definition) is 4. The average molecular weight is 333 g/mol. The van der Waals surface area contributed by atoms with Crippen LogP contribution in [0.5, 0.6) is 0 Å². The van der Waals surface area contributed by atoms with E-state index >= 15 is 0 Å². The van der Waals surface area contributed by atoms with Gasteiger partial charge < -0.3 is 20.4 Å². The maximum absolute atomic E-state index is 11.2. The minimum absolute atomic E-state index is 0.179. The van der Waals surface area contributed by atoms with E-state index in [1.165, 1.54) is 13.3 Å². The molecular formula is C19H27NO4. The fraction of sp³-hybridized carbons (Fsp3) is 0.474. The zero-order valence-electron chi connectivity index (χ0n) is 14.7. The smallest absolute Gasteiger partial charge is 0.341 e. The van der Waals surface area contributed by atoms with Crippen LogP contribution in [0.3, 0.4) is 0 Å². The predicted molar refractivity (Wildman–Crippen MR) is 95.3 cm³/mol. The molecule has 132 valence electrons. The summed E-state index contributed by atoms with van der Waals surface area (Å²) in [4.78, 5) is 11.2. The van der Waals surface area contributed by atoms with Gasteiger partial charge in [0.1, 0.15) is 17.1 Å². The minimum atomic E-state index is -1.32. The lowest BCUT2D eigenvalue weighted by molar-refractivity contribution is -0.132. The molecule has 0 heterocycles. The first-order chi connectivity index (χ1) is 11.2. The van der Waals surface area contributed by atoms with Gasteiger partial charge in [-0.2, -0.15) is 0 Å². The van der Waals surface area contributed by atoms with Gasteiger partial charge in [-0.05, 0) is 63.7 Å². The number of nitrogens with one attached hydrogen (secondary N) is 1. The van der Waals surface area contributed by atoms with Gasteiger partial charge in [0.25, 0.3) is 0 Å². The molecule has 1 aliphatic carbocycles. The van der Waals surface area contributed by atoms with Gasteiger partial charge >= 0.3 is 5.97 Å². The summed E-state index contributed by atoms with van der Waals surface area (Å²) in [6.07, 6.45) is 9.07. The Morgan fingerprint density at radius 1 is 1.12 bits per heavy atom. The Kier molecular flexibility index (Phi) is 7.49. The second kappa shape index (κ2) is 9.11. The van der Waals surface area contributed by atoms with Crippen LogP contribution < -0.4 is 0 Å². The second-order valence-corrected chi connectivity index (χ2v) is 6.19. The number of rotatable bonds is 7. The van der Waals surface area contributed by atoms with Crippen molar-refractivity contribution in [3.8, 4) is 0 Å². The van der Waals surface area contributed by atoms with Crippen LogP contribution in [0, 0.1) is 5.41 Å². The Morgan fingerprint density at radius 2 is 1.71 bits per heavy atom. The lowest BCUT2D eigenvalue weighted by atomic mass is 9.97. The Labute approximate surface area is 143 Å². The molecular weight excluding hydrogens is 306 g/mol. The van der Waals surface area contributed by atoms with Crippen molar-refractivity contribution in [2.24, 2.45) is 0 Å². The van der Waals surface area contributed by atoms with Crippen LogP contribution in [0.4, 0.5) is 0 Å². The van der Waals surface area contributed by atoms with Crippen LogP contribution in [0.25, 0.3) is 0 Å². The van der Waals surface area contributed by atoms with Crippen molar-refractivity contribution in [1.29, 1.82) is 5.41 Å². The molecule has 1 rings (SSSR count). The standard InChI is InChI=1S/C19H27NO4/c1-12(2)16(24-15-8-6-5-7-9-15)11-10-13(3)18(21)17(14(4)20)19(22)23/h10-11,15,20-21H,1,5-9H2,2-4H3,(H,22,23)/b13-10+,16-11+,18-17+,20-14?. The lowest BCUT2D eigenvalue weighted by Crippen LogP contribution is -2.16. The lowest BCUT2D eigenvalue weighted by Gasteiger charge is -2.24. The summed E-state index contributed by atoms with van der Waals surface area (Å²) in [5.74, 6) is -1.10. The monoisotopic (exact) mass is 333 g/mol. The molecule has 24 heavy (non-hydrogen) atoms. The molecule has 0 unspecified atom stereocenters. The molecule has 1 fully saturated rings. The molecule has 0 aliphatic heterocycles. The van der Waals surface area contributed by atoms with E-state index in [0.717, 1.165) is 31.3 Å². The van der Waals surface area contributed by atoms with Crippen molar-refractivity contribution in [3.63, 3.8) is 0 Å². The quantitative estimate of drug-likeness (QED) is 0.273. The van der Waals surface area contributed by atoms with Crippen molar-refractivity contribution in [2.45, 2.75) is 59.0 Å². The van der Waals surface area contributed by atoms with Gasteiger partial charge in [0.05, 0.1) is 6.10 Å². The summed E-state index contributed by atoms with van der Waals surface area (Å²) in [5.41, 5.74) is 0.525. The van der Waals surface area contributed by atoms with Gasteiger partial charge in [-0.25, -0.2) is 4.79 Å². The third-order valence-corrected chi connectivity index (χ3v) is 3.95. The number of carboxylic acids is 1. The zero-order valence-corrected chi connectivity index (χ0v) is 14.7. The third-order valence-electron chi connectivity index (χ3n) is 3.95. The van der Waals surface area contributed by atoms with Crippen molar-refractivity contribution < 1.29 is 19.7 Å². The highest BCUT2D eigenvalue weighted by Crippen LogP contribution is 2.25. The van der Waals surface area contributed by atoms with Gasteiger partial charge in [0.15, 0.2) is 0 Å². The Balaban J connectivity index is 3.02. The van der Waals surface area contributed by atoms with Crippen molar-refractivity contribution in [3.05, 3.63) is 47.0 Å². The summed E-state index contributed by atoms with van der Waals surface area (Å²) >= 11 is 0. The molecule has 1 saturated carbocycles. The van der Waals surface area contributed by atoms with Gasteiger partial charge in [-0.15, -0.1) is 0 Å². The summed E-state index contributed by atoms with van der Waals surface area (Å²) < 4.78 is 6.00. The van der Waals surface area contributed by atoms with E-state index in [0.29, 0.717) is 11.3 Å². The Bertz CT molecular complexity index is 589. The Morgan fingerprint density at radius 3 is 2.17 bits per heavy atom. The first-order valence-electron chi connectivity index (χ1n) is 8.17. The average Bonchev–Trinajstić information content (AvgIpc) is 2.50. The number of aliphatic carboxylic acids is 1. The molecule has 0 radical (unpaired) electrons. The highest BCUT2D eigenvalue weighted by atomic mass is 16.5. The van der Waals surface area contributed by atoms with Crippen LogP contribution >= 0.6 is 0 Å². The number of carbonyl (C=O) groups is 1. The van der Waals surface area contributed by atoms with Crippen molar-refractivity contribution >= 4 is 11.7 Å². The molecule has 0 atom stereocenters. The number of carboxylic acid groups (broad SMARTS) is 1. The first kappa shape index (κ1) is 19.7. The third kappa shape index (κ3) is 5.72. The maximum Gasteiger partial charge on any atom is 0.341 e. The van der Waals surface area contributed by atoms with E-state index in [1.54, 1.807) is 19.1 Å². The molecule has 0 amide bonds. The normalized spacial score (nSPS) is 18.0. The largest absolute Gasteiger partial charge is 0.507 e. The number of aliphatic hydroxyl groups excluding tert-OH is 1. The van der Waals surface area contributed by atoms with Gasteiger partial charge in [-0.1, -0.05) is 19.1 Å². The van der Waals surface area contributed by atoms with Gasteiger partial charge in [0.2, 0.25) is 0 Å². The first-order valence-corrected chi connectivity index (χ1v) is 8.17. The second-order valence-electron chi connectivity index (χ2n) is 6.19. The van der Waals surface area contributed by atoms with Crippen molar-refractivity contribution in [2.75, 3.05) is 0 Å². The molecule has 0 saturated heterocycles. The molecule has 0 spiro atoms. The van der Waals surface area contributed by atoms with Crippen LogP contribution in [0.1, 0.15) is 52.9 Å². The highest BCUT2D eigenvalue weighted by molar-refractivity contribution is 6.17. The van der Waals surface area contributed by atoms with E-state index in [2.05, 4.69) is 6.58 Å². The zero-order chi connectivity index (χ0) is 18.3. The van der Waals surface area contributed by atoms with Crippen LogP contribution in [0.2, 0.25) is 0 Å². The predicted octanol–water partition coefficient (Wildman–Crippen LogP) is 4.68. The van der Waals surface area contributed by atoms with Crippen molar-refractivity contribution in [1.82, 2.24) is 0 Å². The summed E-state index contributed by atoms with van der Waals surface area (Å²) in [5, 5.41) is 26.7. The molecule has 5 heteroatoms. The van der Waals surface area contributed by atoms with E-state index in [1.807, 2.05) is 6.92 Å². The van der Waals surface area contributed by atoms with E-state index < -0.39 is 17.3 Å². The molecule has 0 aromatic rings. The number of ether oxygens (including phenoxy) is 1. The highest BCUT2D eigenvalue weighted by Gasteiger charge is 2.18. The maximum atomic E-state index is 11.2. The topological polar surface area (TPSA) is 90.6 Å². The minimum Gasteiger partial charge on any atom is -0.507 e. The molecule has 5 nitrogen and oxygen atoms in total. The molecule has 0 bridgehead atoms.